The lowest BCUT2D eigenvalue weighted by molar-refractivity contribution is 0.347. The fourth-order valence-electron chi connectivity index (χ4n) is 3.04. The summed E-state index contributed by atoms with van der Waals surface area (Å²) in [4.78, 5) is 0. The molecule has 3 unspecified atom stereocenters. The molecule has 1 aliphatic heterocycles. The van der Waals surface area contributed by atoms with Gasteiger partial charge in [0.1, 0.15) is 0 Å². The summed E-state index contributed by atoms with van der Waals surface area (Å²) in [5, 5.41) is 3.64. The standard InChI is InChI=1S/C15H23NO2/c1-5-13-12(9-10(2)16-13)11-7-6-8-14(17-3)15(11)18-4/h6-8,10,12-13,16H,5,9H2,1-4H3. The summed E-state index contributed by atoms with van der Waals surface area (Å²) < 4.78 is 10.9. The molecule has 1 saturated heterocycles. The van der Waals surface area contributed by atoms with Crippen LogP contribution < -0.4 is 14.8 Å². The van der Waals surface area contributed by atoms with Crippen LogP contribution >= 0.6 is 0 Å². The molecular formula is C15H23NO2. The number of nitrogens with one attached hydrogen (secondary N) is 1. The second-order valence-corrected chi connectivity index (χ2v) is 5.01. The van der Waals surface area contributed by atoms with Crippen LogP contribution in [0, 0.1) is 0 Å². The van der Waals surface area contributed by atoms with Crippen molar-refractivity contribution in [3.8, 4) is 11.5 Å². The zero-order valence-corrected chi connectivity index (χ0v) is 11.7. The molecule has 1 N–H and O–H groups in total. The van der Waals surface area contributed by atoms with Gasteiger partial charge in [-0.3, -0.25) is 0 Å². The summed E-state index contributed by atoms with van der Waals surface area (Å²) in [6, 6.07) is 7.26. The largest absolute Gasteiger partial charge is 0.493 e. The molecule has 0 spiro atoms. The molecule has 3 atom stereocenters. The highest BCUT2D eigenvalue weighted by Gasteiger charge is 2.33. The van der Waals surface area contributed by atoms with Crippen LogP contribution in [0.2, 0.25) is 0 Å². The molecule has 0 saturated carbocycles. The Kier molecular flexibility index (Phi) is 4.12. The second-order valence-electron chi connectivity index (χ2n) is 5.01. The van der Waals surface area contributed by atoms with Gasteiger partial charge < -0.3 is 14.8 Å². The molecule has 3 heteroatoms. The van der Waals surface area contributed by atoms with E-state index >= 15 is 0 Å². The van der Waals surface area contributed by atoms with E-state index < -0.39 is 0 Å². The highest BCUT2D eigenvalue weighted by atomic mass is 16.5. The molecule has 0 radical (unpaired) electrons. The van der Waals surface area contributed by atoms with E-state index in [-0.39, 0.29) is 0 Å². The average molecular weight is 249 g/mol. The van der Waals surface area contributed by atoms with Crippen LogP contribution in [0.4, 0.5) is 0 Å². The van der Waals surface area contributed by atoms with Gasteiger partial charge in [-0.05, 0) is 25.8 Å². The number of benzene rings is 1. The molecule has 3 nitrogen and oxygen atoms in total. The Balaban J connectivity index is 2.38. The maximum absolute atomic E-state index is 5.56. The fourth-order valence-corrected chi connectivity index (χ4v) is 3.04. The van der Waals surface area contributed by atoms with Crippen molar-refractivity contribution in [3.63, 3.8) is 0 Å². The molecule has 1 fully saturated rings. The zero-order valence-electron chi connectivity index (χ0n) is 11.7. The first kappa shape index (κ1) is 13.2. The Bertz CT molecular complexity index is 405. The van der Waals surface area contributed by atoms with E-state index in [4.69, 9.17) is 9.47 Å². The maximum atomic E-state index is 5.56. The lowest BCUT2D eigenvalue weighted by atomic mass is 9.89. The molecule has 18 heavy (non-hydrogen) atoms. The Morgan fingerprint density at radius 2 is 2.06 bits per heavy atom. The van der Waals surface area contributed by atoms with Gasteiger partial charge in [0.25, 0.3) is 0 Å². The van der Waals surface area contributed by atoms with E-state index in [1.54, 1.807) is 14.2 Å². The second kappa shape index (κ2) is 5.61. The topological polar surface area (TPSA) is 30.5 Å². The lowest BCUT2D eigenvalue weighted by Gasteiger charge is -2.21. The van der Waals surface area contributed by atoms with Crippen LogP contribution in [0.15, 0.2) is 18.2 Å². The zero-order chi connectivity index (χ0) is 13.1. The normalized spacial score (nSPS) is 27.2. The number of rotatable bonds is 4. The first-order valence-electron chi connectivity index (χ1n) is 6.68. The molecule has 0 amide bonds. The van der Waals surface area contributed by atoms with Crippen molar-refractivity contribution in [2.24, 2.45) is 0 Å². The molecule has 0 aliphatic carbocycles. The minimum absolute atomic E-state index is 0.509. The van der Waals surface area contributed by atoms with E-state index in [0.717, 1.165) is 24.3 Å². The van der Waals surface area contributed by atoms with E-state index in [2.05, 4.69) is 25.2 Å². The molecule has 100 valence electrons. The van der Waals surface area contributed by atoms with Crippen LogP contribution in [-0.2, 0) is 0 Å². The minimum Gasteiger partial charge on any atom is -0.493 e. The van der Waals surface area contributed by atoms with Crippen molar-refractivity contribution in [2.75, 3.05) is 14.2 Å². The van der Waals surface area contributed by atoms with Gasteiger partial charge in [0, 0.05) is 23.6 Å². The van der Waals surface area contributed by atoms with Crippen LogP contribution in [-0.4, -0.2) is 26.3 Å². The fraction of sp³-hybridized carbons (Fsp3) is 0.600. The average Bonchev–Trinajstić information content (AvgIpc) is 2.78. The Hall–Kier alpha value is -1.22. The maximum Gasteiger partial charge on any atom is 0.164 e. The quantitative estimate of drug-likeness (QED) is 0.890. The van der Waals surface area contributed by atoms with E-state index in [9.17, 15) is 0 Å². The van der Waals surface area contributed by atoms with Crippen LogP contribution in [0.5, 0.6) is 11.5 Å². The number of para-hydroxylation sites is 1. The van der Waals surface area contributed by atoms with Crippen LogP contribution in [0.3, 0.4) is 0 Å². The predicted octanol–water partition coefficient (Wildman–Crippen LogP) is 2.95. The van der Waals surface area contributed by atoms with Crippen LogP contribution in [0.25, 0.3) is 0 Å². The predicted molar refractivity (Wildman–Crippen MR) is 73.6 cm³/mol. The van der Waals surface area contributed by atoms with Crippen molar-refractivity contribution >= 4 is 0 Å². The molecule has 2 rings (SSSR count). The Morgan fingerprint density at radius 3 is 2.67 bits per heavy atom. The molecule has 1 aromatic carbocycles. The molecular weight excluding hydrogens is 226 g/mol. The van der Waals surface area contributed by atoms with Gasteiger partial charge in [0.05, 0.1) is 14.2 Å². The monoisotopic (exact) mass is 249 g/mol. The molecule has 1 heterocycles. The third-order valence-corrected chi connectivity index (χ3v) is 3.86. The van der Waals surface area contributed by atoms with Gasteiger partial charge in [0.2, 0.25) is 0 Å². The third kappa shape index (κ3) is 2.32. The SMILES string of the molecule is CCC1NC(C)CC1c1cccc(OC)c1OC. The highest BCUT2D eigenvalue weighted by Crippen LogP contribution is 2.41. The van der Waals surface area contributed by atoms with E-state index in [0.29, 0.717) is 18.0 Å². The van der Waals surface area contributed by atoms with Crippen molar-refractivity contribution in [1.29, 1.82) is 0 Å². The van der Waals surface area contributed by atoms with Gasteiger partial charge in [0.15, 0.2) is 11.5 Å². The number of ether oxygens (including phenoxy) is 2. The van der Waals surface area contributed by atoms with Gasteiger partial charge in [-0.2, -0.15) is 0 Å². The smallest absolute Gasteiger partial charge is 0.164 e. The third-order valence-electron chi connectivity index (χ3n) is 3.86. The number of hydrogen-bond acceptors (Lipinski definition) is 3. The minimum atomic E-state index is 0.509. The van der Waals surface area contributed by atoms with Gasteiger partial charge in [-0.25, -0.2) is 0 Å². The number of hydrogen-bond donors (Lipinski definition) is 1. The van der Waals surface area contributed by atoms with Gasteiger partial charge in [-0.15, -0.1) is 0 Å². The molecule has 0 aromatic heterocycles. The summed E-state index contributed by atoms with van der Waals surface area (Å²) in [6.07, 6.45) is 2.29. The summed E-state index contributed by atoms with van der Waals surface area (Å²) in [6.45, 7) is 4.48. The van der Waals surface area contributed by atoms with Gasteiger partial charge >= 0.3 is 0 Å². The summed E-state index contributed by atoms with van der Waals surface area (Å²) in [5.74, 6) is 2.22. The summed E-state index contributed by atoms with van der Waals surface area (Å²) in [5.41, 5.74) is 1.26. The highest BCUT2D eigenvalue weighted by molar-refractivity contribution is 5.49. The first-order valence-corrected chi connectivity index (χ1v) is 6.68. The van der Waals surface area contributed by atoms with E-state index in [1.165, 1.54) is 5.56 Å². The van der Waals surface area contributed by atoms with E-state index in [1.807, 2.05) is 12.1 Å². The number of methoxy groups -OCH3 is 2. The van der Waals surface area contributed by atoms with Gasteiger partial charge in [-0.1, -0.05) is 19.1 Å². The van der Waals surface area contributed by atoms with Crippen molar-refractivity contribution < 1.29 is 9.47 Å². The summed E-state index contributed by atoms with van der Waals surface area (Å²) >= 11 is 0. The Morgan fingerprint density at radius 1 is 1.28 bits per heavy atom. The van der Waals surface area contributed by atoms with Crippen molar-refractivity contribution in [1.82, 2.24) is 5.32 Å². The lowest BCUT2D eigenvalue weighted by Crippen LogP contribution is -2.28. The first-order chi connectivity index (χ1) is 8.71. The molecule has 0 bridgehead atoms. The van der Waals surface area contributed by atoms with Crippen LogP contribution in [0.1, 0.15) is 38.2 Å². The summed E-state index contributed by atoms with van der Waals surface area (Å²) in [7, 11) is 3.41. The molecule has 1 aromatic rings. The Labute approximate surface area is 109 Å². The molecule has 1 aliphatic rings. The van der Waals surface area contributed by atoms with Crippen molar-refractivity contribution in [3.05, 3.63) is 23.8 Å². The van der Waals surface area contributed by atoms with Crippen molar-refractivity contribution in [2.45, 2.75) is 44.7 Å².